The van der Waals surface area contributed by atoms with Crippen LogP contribution in [-0.2, 0) is 0 Å². The van der Waals surface area contributed by atoms with Gasteiger partial charge in [-0.25, -0.2) is 0 Å². The maximum atomic E-state index is 12.6. The highest BCUT2D eigenvalue weighted by Gasteiger charge is 2.14. The molecule has 0 unspecified atom stereocenters. The molecular weight excluding hydrogens is 354 g/mol. The normalized spacial score (nSPS) is 10.2. The summed E-state index contributed by atoms with van der Waals surface area (Å²) >= 11 is 0. The van der Waals surface area contributed by atoms with Gasteiger partial charge in [-0.3, -0.25) is 14.6 Å². The summed E-state index contributed by atoms with van der Waals surface area (Å²) in [5, 5.41) is 5.59. The molecule has 0 aliphatic heterocycles. The van der Waals surface area contributed by atoms with E-state index in [9.17, 15) is 9.59 Å². The molecule has 1 heterocycles. The lowest BCUT2D eigenvalue weighted by molar-refractivity contribution is 0.102. The standard InChI is InChI=1S/C22H21N3O3/c1-14-8-9-17(12-15(14)2)24-21(26)16-10-11-23-19(13-16)22(27)25-18-6-4-5-7-20(18)28-3/h4-13H,1-3H3,(H,24,26)(H,25,27). The smallest absolute Gasteiger partial charge is 0.274 e. The monoisotopic (exact) mass is 375 g/mol. The Morgan fingerprint density at radius 3 is 2.43 bits per heavy atom. The lowest BCUT2D eigenvalue weighted by Gasteiger charge is -2.10. The first-order valence-corrected chi connectivity index (χ1v) is 8.77. The molecule has 2 aromatic carbocycles. The Balaban J connectivity index is 1.76. The number of nitrogens with one attached hydrogen (secondary N) is 2. The fraction of sp³-hybridized carbons (Fsp3) is 0.136. The van der Waals surface area contributed by atoms with Crippen molar-refractivity contribution in [2.45, 2.75) is 13.8 Å². The van der Waals surface area contributed by atoms with Crippen molar-refractivity contribution >= 4 is 23.2 Å². The van der Waals surface area contributed by atoms with Gasteiger partial charge in [-0.05, 0) is 61.4 Å². The Bertz CT molecular complexity index is 1030. The Labute approximate surface area is 163 Å². The fourth-order valence-corrected chi connectivity index (χ4v) is 2.65. The first-order chi connectivity index (χ1) is 13.5. The number of nitrogens with zero attached hydrogens (tertiary/aromatic N) is 1. The van der Waals surface area contributed by atoms with Gasteiger partial charge in [0.15, 0.2) is 0 Å². The molecule has 0 saturated carbocycles. The zero-order valence-electron chi connectivity index (χ0n) is 15.9. The average Bonchev–Trinajstić information content (AvgIpc) is 2.71. The number of anilines is 2. The van der Waals surface area contributed by atoms with Crippen LogP contribution >= 0.6 is 0 Å². The average molecular weight is 375 g/mol. The van der Waals surface area contributed by atoms with Crippen molar-refractivity contribution in [3.05, 3.63) is 83.2 Å². The van der Waals surface area contributed by atoms with Crippen LogP contribution in [0.1, 0.15) is 32.0 Å². The molecule has 0 spiro atoms. The predicted octanol–water partition coefficient (Wildman–Crippen LogP) is 4.21. The number of rotatable bonds is 5. The maximum Gasteiger partial charge on any atom is 0.274 e. The van der Waals surface area contributed by atoms with Crippen LogP contribution in [0.2, 0.25) is 0 Å². The van der Waals surface area contributed by atoms with Crippen molar-refractivity contribution in [1.29, 1.82) is 0 Å². The summed E-state index contributed by atoms with van der Waals surface area (Å²) in [4.78, 5) is 29.2. The van der Waals surface area contributed by atoms with Crippen LogP contribution < -0.4 is 15.4 Å². The van der Waals surface area contributed by atoms with Crippen molar-refractivity contribution in [2.24, 2.45) is 0 Å². The van der Waals surface area contributed by atoms with Crippen molar-refractivity contribution in [1.82, 2.24) is 4.98 Å². The Morgan fingerprint density at radius 1 is 0.893 bits per heavy atom. The number of aryl methyl sites for hydroxylation is 2. The minimum absolute atomic E-state index is 0.138. The van der Waals surface area contributed by atoms with E-state index in [-0.39, 0.29) is 11.6 Å². The second-order valence-corrected chi connectivity index (χ2v) is 6.34. The minimum atomic E-state index is -0.426. The molecule has 0 saturated heterocycles. The molecule has 0 radical (unpaired) electrons. The summed E-state index contributed by atoms with van der Waals surface area (Å²) in [6.07, 6.45) is 1.44. The number of amides is 2. The predicted molar refractivity (Wildman–Crippen MR) is 109 cm³/mol. The van der Waals surface area contributed by atoms with Gasteiger partial charge in [0.25, 0.3) is 11.8 Å². The molecule has 6 heteroatoms. The second-order valence-electron chi connectivity index (χ2n) is 6.34. The van der Waals surface area contributed by atoms with E-state index in [1.807, 2.05) is 38.1 Å². The summed E-state index contributed by atoms with van der Waals surface area (Å²) in [7, 11) is 1.53. The molecule has 0 fully saturated rings. The van der Waals surface area contributed by atoms with Gasteiger partial charge in [-0.2, -0.15) is 0 Å². The van der Waals surface area contributed by atoms with E-state index in [0.29, 0.717) is 22.7 Å². The topological polar surface area (TPSA) is 80.3 Å². The molecule has 1 aromatic heterocycles. The lowest BCUT2D eigenvalue weighted by atomic mass is 10.1. The van der Waals surface area contributed by atoms with E-state index < -0.39 is 5.91 Å². The van der Waals surface area contributed by atoms with Crippen LogP contribution in [0.4, 0.5) is 11.4 Å². The van der Waals surface area contributed by atoms with Crippen LogP contribution in [-0.4, -0.2) is 23.9 Å². The number of hydrogen-bond donors (Lipinski definition) is 2. The number of methoxy groups -OCH3 is 1. The number of benzene rings is 2. The van der Waals surface area contributed by atoms with E-state index in [4.69, 9.17) is 4.74 Å². The molecule has 0 bridgehead atoms. The number of carbonyl (C=O) groups is 2. The molecule has 0 aliphatic rings. The summed E-state index contributed by atoms with van der Waals surface area (Å²) in [6, 6.07) is 15.8. The van der Waals surface area contributed by atoms with E-state index in [1.165, 1.54) is 19.4 Å². The number of aromatic nitrogens is 1. The van der Waals surface area contributed by atoms with Crippen molar-refractivity contribution in [3.63, 3.8) is 0 Å². The zero-order chi connectivity index (χ0) is 20.1. The van der Waals surface area contributed by atoms with Gasteiger partial charge in [0.05, 0.1) is 12.8 Å². The van der Waals surface area contributed by atoms with Gasteiger partial charge in [0.1, 0.15) is 11.4 Å². The fourth-order valence-electron chi connectivity index (χ4n) is 2.65. The molecule has 3 rings (SSSR count). The van der Waals surface area contributed by atoms with Crippen molar-refractivity contribution < 1.29 is 14.3 Å². The van der Waals surface area contributed by atoms with Crippen LogP contribution in [0.3, 0.4) is 0 Å². The number of carbonyl (C=O) groups excluding carboxylic acids is 2. The largest absolute Gasteiger partial charge is 0.495 e. The third-order valence-corrected chi connectivity index (χ3v) is 4.37. The first kappa shape index (κ1) is 19.1. The van der Waals surface area contributed by atoms with E-state index >= 15 is 0 Å². The van der Waals surface area contributed by atoms with Crippen molar-refractivity contribution in [2.75, 3.05) is 17.7 Å². The third-order valence-electron chi connectivity index (χ3n) is 4.37. The number of hydrogen-bond acceptors (Lipinski definition) is 4. The lowest BCUT2D eigenvalue weighted by Crippen LogP contribution is -2.17. The highest BCUT2D eigenvalue weighted by molar-refractivity contribution is 6.08. The maximum absolute atomic E-state index is 12.6. The molecule has 142 valence electrons. The zero-order valence-corrected chi connectivity index (χ0v) is 15.9. The second kappa shape index (κ2) is 8.35. The van der Waals surface area contributed by atoms with Crippen LogP contribution in [0, 0.1) is 13.8 Å². The van der Waals surface area contributed by atoms with Gasteiger partial charge in [0, 0.05) is 17.4 Å². The number of ether oxygens (including phenoxy) is 1. The quantitative estimate of drug-likeness (QED) is 0.700. The molecule has 2 N–H and O–H groups in total. The Morgan fingerprint density at radius 2 is 1.68 bits per heavy atom. The van der Waals surface area contributed by atoms with Gasteiger partial charge in [-0.15, -0.1) is 0 Å². The summed E-state index contributed by atoms with van der Waals surface area (Å²) in [5.74, 6) is -0.193. The van der Waals surface area contributed by atoms with Gasteiger partial charge in [-0.1, -0.05) is 18.2 Å². The molecule has 0 aliphatic carbocycles. The number of pyridine rings is 1. The highest BCUT2D eigenvalue weighted by atomic mass is 16.5. The van der Waals surface area contributed by atoms with Gasteiger partial charge < -0.3 is 15.4 Å². The highest BCUT2D eigenvalue weighted by Crippen LogP contribution is 2.23. The van der Waals surface area contributed by atoms with Crippen molar-refractivity contribution in [3.8, 4) is 5.75 Å². The SMILES string of the molecule is COc1ccccc1NC(=O)c1cc(C(=O)Nc2ccc(C)c(C)c2)ccn1. The summed E-state index contributed by atoms with van der Waals surface area (Å²) < 4.78 is 5.23. The molecule has 6 nitrogen and oxygen atoms in total. The van der Waals surface area contributed by atoms with Crippen LogP contribution in [0.15, 0.2) is 60.8 Å². The molecule has 0 atom stereocenters. The Hall–Kier alpha value is -3.67. The van der Waals surface area contributed by atoms with E-state index in [2.05, 4.69) is 15.6 Å². The molecule has 2 amide bonds. The summed E-state index contributed by atoms with van der Waals surface area (Å²) in [6.45, 7) is 3.99. The van der Waals surface area contributed by atoms with Gasteiger partial charge >= 0.3 is 0 Å². The number of para-hydroxylation sites is 2. The summed E-state index contributed by atoms with van der Waals surface area (Å²) in [5.41, 5.74) is 3.95. The van der Waals surface area contributed by atoms with Gasteiger partial charge in [0.2, 0.25) is 0 Å². The van der Waals surface area contributed by atoms with Crippen LogP contribution in [0.5, 0.6) is 5.75 Å². The van der Waals surface area contributed by atoms with Crippen LogP contribution in [0.25, 0.3) is 0 Å². The minimum Gasteiger partial charge on any atom is -0.495 e. The third kappa shape index (κ3) is 4.35. The van der Waals surface area contributed by atoms with E-state index in [0.717, 1.165) is 11.1 Å². The van der Waals surface area contributed by atoms with E-state index in [1.54, 1.807) is 24.3 Å². The Kier molecular flexibility index (Phi) is 5.69. The molecular formula is C22H21N3O3. The molecule has 3 aromatic rings. The first-order valence-electron chi connectivity index (χ1n) is 8.77. The molecule has 28 heavy (non-hydrogen) atoms.